The number of nitrogens with one attached hydrogen (secondary N) is 1. The summed E-state index contributed by atoms with van der Waals surface area (Å²) in [5.41, 5.74) is 2.93. The third-order valence-electron chi connectivity index (χ3n) is 5.92. The first-order chi connectivity index (χ1) is 15.8. The largest absolute Gasteiger partial charge is 0.497 e. The van der Waals surface area contributed by atoms with E-state index in [9.17, 15) is 4.79 Å². The number of ether oxygens (including phenoxy) is 1. The van der Waals surface area contributed by atoms with Crippen molar-refractivity contribution in [1.29, 1.82) is 0 Å². The third kappa shape index (κ3) is 5.54. The number of nitrogens with zero attached hydrogens (tertiary/aromatic N) is 4. The average Bonchev–Trinajstić information content (AvgIpc) is 3.24. The van der Waals surface area contributed by atoms with Gasteiger partial charge in [0.2, 0.25) is 5.91 Å². The predicted octanol–water partition coefficient (Wildman–Crippen LogP) is 3.94. The van der Waals surface area contributed by atoms with Crippen LogP contribution in [0, 0.1) is 0 Å². The summed E-state index contributed by atoms with van der Waals surface area (Å²) in [4.78, 5) is 17.5. The minimum Gasteiger partial charge on any atom is -0.497 e. The molecule has 2 aromatic carbocycles. The van der Waals surface area contributed by atoms with Gasteiger partial charge in [-0.2, -0.15) is 5.10 Å². The molecule has 1 aromatic heterocycles. The number of carbonyl (C=O) groups is 1. The van der Waals surface area contributed by atoms with Crippen LogP contribution < -0.4 is 15.0 Å². The number of benzene rings is 2. The molecule has 2 heterocycles. The second-order valence-corrected chi connectivity index (χ2v) is 9.42. The van der Waals surface area contributed by atoms with Gasteiger partial charge in [0.05, 0.1) is 25.0 Å². The van der Waals surface area contributed by atoms with Gasteiger partial charge in [-0.25, -0.2) is 4.68 Å². The van der Waals surface area contributed by atoms with E-state index in [2.05, 4.69) is 48.0 Å². The Labute approximate surface area is 196 Å². The highest BCUT2D eigenvalue weighted by atomic mass is 16.5. The molecule has 33 heavy (non-hydrogen) atoms. The number of aromatic nitrogens is 2. The van der Waals surface area contributed by atoms with Crippen LogP contribution >= 0.6 is 0 Å². The molecule has 0 unspecified atom stereocenters. The molecule has 7 nitrogen and oxygen atoms in total. The first kappa shape index (κ1) is 22.9. The number of piperazine rings is 1. The minimum absolute atomic E-state index is 0.0227. The molecule has 1 N–H and O–H groups in total. The predicted molar refractivity (Wildman–Crippen MR) is 133 cm³/mol. The Morgan fingerprint density at radius 1 is 0.970 bits per heavy atom. The third-order valence-corrected chi connectivity index (χ3v) is 5.92. The van der Waals surface area contributed by atoms with Crippen molar-refractivity contribution in [3.8, 4) is 11.4 Å². The number of amides is 1. The Morgan fingerprint density at radius 2 is 1.64 bits per heavy atom. The van der Waals surface area contributed by atoms with E-state index in [1.165, 1.54) is 5.69 Å². The normalized spacial score (nSPS) is 14.8. The zero-order chi connectivity index (χ0) is 23.4. The maximum absolute atomic E-state index is 12.9. The van der Waals surface area contributed by atoms with Gasteiger partial charge in [0.25, 0.3) is 0 Å². The highest BCUT2D eigenvalue weighted by Gasteiger charge is 2.23. The molecule has 7 heteroatoms. The monoisotopic (exact) mass is 447 g/mol. The van der Waals surface area contributed by atoms with E-state index < -0.39 is 0 Å². The standard InChI is InChI=1S/C26H33N5O2/c1-26(2,3)23-18-24(31(28-23)21-8-6-5-7-9-21)27-25(32)19-29-14-16-30(17-15-29)20-10-12-22(33-4)13-11-20/h5-13,18H,14-17,19H2,1-4H3,(H,27,32). The van der Waals surface area contributed by atoms with Crippen molar-refractivity contribution >= 4 is 17.4 Å². The lowest BCUT2D eigenvalue weighted by Gasteiger charge is -2.35. The molecule has 1 aliphatic heterocycles. The number of methoxy groups -OCH3 is 1. The summed E-state index contributed by atoms with van der Waals surface area (Å²) in [5.74, 6) is 1.54. The molecule has 0 spiro atoms. The van der Waals surface area contributed by atoms with Gasteiger partial charge >= 0.3 is 0 Å². The van der Waals surface area contributed by atoms with Crippen LogP contribution in [0.1, 0.15) is 26.5 Å². The topological polar surface area (TPSA) is 62.6 Å². The Bertz CT molecular complexity index is 1060. The number of rotatable bonds is 6. The lowest BCUT2D eigenvalue weighted by atomic mass is 9.92. The molecule has 1 saturated heterocycles. The fraction of sp³-hybridized carbons (Fsp3) is 0.385. The van der Waals surface area contributed by atoms with Gasteiger partial charge in [-0.1, -0.05) is 39.0 Å². The highest BCUT2D eigenvalue weighted by molar-refractivity contribution is 5.91. The molecule has 1 amide bonds. The quantitative estimate of drug-likeness (QED) is 0.620. The van der Waals surface area contributed by atoms with Crippen LogP contribution in [0.3, 0.4) is 0 Å². The van der Waals surface area contributed by atoms with E-state index in [-0.39, 0.29) is 11.3 Å². The van der Waals surface area contributed by atoms with Crippen LogP contribution in [0.5, 0.6) is 5.75 Å². The molecule has 1 fully saturated rings. The zero-order valence-electron chi connectivity index (χ0n) is 19.9. The molecule has 0 radical (unpaired) electrons. The Morgan fingerprint density at radius 3 is 2.24 bits per heavy atom. The molecule has 4 rings (SSSR count). The number of anilines is 2. The Balaban J connectivity index is 1.38. The van der Waals surface area contributed by atoms with Crippen LogP contribution in [0.25, 0.3) is 5.69 Å². The van der Waals surface area contributed by atoms with E-state index >= 15 is 0 Å². The molecular weight excluding hydrogens is 414 g/mol. The Kier molecular flexibility index (Phi) is 6.70. The van der Waals surface area contributed by atoms with Gasteiger partial charge in [0.15, 0.2) is 0 Å². The first-order valence-electron chi connectivity index (χ1n) is 11.4. The fourth-order valence-corrected chi connectivity index (χ4v) is 3.95. The van der Waals surface area contributed by atoms with Crippen molar-refractivity contribution in [3.63, 3.8) is 0 Å². The molecule has 0 aliphatic carbocycles. The number of para-hydroxylation sites is 1. The summed E-state index contributed by atoms with van der Waals surface area (Å²) < 4.78 is 7.06. The van der Waals surface area contributed by atoms with Crippen LogP contribution in [-0.4, -0.2) is 60.4 Å². The maximum Gasteiger partial charge on any atom is 0.239 e. The SMILES string of the molecule is COc1ccc(N2CCN(CC(=O)Nc3cc(C(C)(C)C)nn3-c3ccccc3)CC2)cc1. The number of hydrogen-bond acceptors (Lipinski definition) is 5. The van der Waals surface area contributed by atoms with E-state index in [1.807, 2.05) is 53.2 Å². The molecule has 0 atom stereocenters. The first-order valence-corrected chi connectivity index (χ1v) is 11.4. The molecule has 0 saturated carbocycles. The van der Waals surface area contributed by atoms with Crippen LogP contribution in [0.4, 0.5) is 11.5 Å². The van der Waals surface area contributed by atoms with E-state index in [4.69, 9.17) is 9.84 Å². The molecular formula is C26H33N5O2. The van der Waals surface area contributed by atoms with Crippen molar-refractivity contribution in [1.82, 2.24) is 14.7 Å². The molecule has 174 valence electrons. The lowest BCUT2D eigenvalue weighted by Crippen LogP contribution is -2.48. The molecule has 3 aromatic rings. The van der Waals surface area contributed by atoms with Gasteiger partial charge in [-0.15, -0.1) is 0 Å². The smallest absolute Gasteiger partial charge is 0.239 e. The lowest BCUT2D eigenvalue weighted by molar-refractivity contribution is -0.117. The second-order valence-electron chi connectivity index (χ2n) is 9.42. The second kappa shape index (κ2) is 9.67. The van der Waals surface area contributed by atoms with E-state index in [0.29, 0.717) is 12.4 Å². The van der Waals surface area contributed by atoms with Crippen molar-refractivity contribution in [2.45, 2.75) is 26.2 Å². The van der Waals surface area contributed by atoms with Gasteiger partial charge in [-0.3, -0.25) is 9.69 Å². The molecule has 0 bridgehead atoms. The fourth-order valence-electron chi connectivity index (χ4n) is 3.95. The van der Waals surface area contributed by atoms with Gasteiger partial charge < -0.3 is 15.0 Å². The van der Waals surface area contributed by atoms with Gasteiger partial charge in [-0.05, 0) is 36.4 Å². The van der Waals surface area contributed by atoms with Crippen LogP contribution in [0.15, 0.2) is 60.7 Å². The van der Waals surface area contributed by atoms with E-state index in [0.717, 1.165) is 43.3 Å². The van der Waals surface area contributed by atoms with Crippen LogP contribution in [-0.2, 0) is 10.2 Å². The maximum atomic E-state index is 12.9. The summed E-state index contributed by atoms with van der Waals surface area (Å²) >= 11 is 0. The Hall–Kier alpha value is -3.32. The summed E-state index contributed by atoms with van der Waals surface area (Å²) in [6.07, 6.45) is 0. The summed E-state index contributed by atoms with van der Waals surface area (Å²) in [5, 5.41) is 7.88. The number of hydrogen-bond donors (Lipinski definition) is 1. The number of carbonyl (C=O) groups excluding carboxylic acids is 1. The minimum atomic E-state index is -0.114. The van der Waals surface area contributed by atoms with Gasteiger partial charge in [0, 0.05) is 43.3 Å². The van der Waals surface area contributed by atoms with Gasteiger partial charge in [0.1, 0.15) is 11.6 Å². The summed E-state index contributed by atoms with van der Waals surface area (Å²) in [6, 6.07) is 20.0. The van der Waals surface area contributed by atoms with Crippen molar-refractivity contribution in [3.05, 3.63) is 66.4 Å². The zero-order valence-corrected chi connectivity index (χ0v) is 19.9. The molecule has 1 aliphatic rings. The summed E-state index contributed by atoms with van der Waals surface area (Å²) in [6.45, 7) is 10.2. The summed E-state index contributed by atoms with van der Waals surface area (Å²) in [7, 11) is 1.68. The van der Waals surface area contributed by atoms with Crippen molar-refractivity contribution < 1.29 is 9.53 Å². The van der Waals surface area contributed by atoms with Crippen LogP contribution in [0.2, 0.25) is 0 Å². The average molecular weight is 448 g/mol. The van der Waals surface area contributed by atoms with E-state index in [1.54, 1.807) is 7.11 Å². The van der Waals surface area contributed by atoms with Crippen molar-refractivity contribution in [2.75, 3.05) is 50.1 Å². The van der Waals surface area contributed by atoms with Crippen molar-refractivity contribution in [2.24, 2.45) is 0 Å². The highest BCUT2D eigenvalue weighted by Crippen LogP contribution is 2.26.